The molecular weight excluding hydrogens is 232 g/mol. The standard InChI is InChI=1S/C17H26N2/c1-2-6-17-9-13-19(12-8-16(17)5-1)11-7-15-4-3-10-18-14-15/h1-2,5-6,15,18H,3-4,7-14H2. The summed E-state index contributed by atoms with van der Waals surface area (Å²) in [4.78, 5) is 2.68. The first kappa shape index (κ1) is 13.1. The summed E-state index contributed by atoms with van der Waals surface area (Å²) in [5.74, 6) is 0.916. The SMILES string of the molecule is c1ccc2c(c1)CCN(CCC1CCCNC1)CC2. The molecule has 2 aliphatic heterocycles. The number of nitrogens with zero attached hydrogens (tertiary/aromatic N) is 1. The van der Waals surface area contributed by atoms with Crippen LogP contribution in [0.25, 0.3) is 0 Å². The Balaban J connectivity index is 1.48. The second kappa shape index (κ2) is 6.53. The minimum absolute atomic E-state index is 0.916. The first-order chi connectivity index (χ1) is 9.42. The van der Waals surface area contributed by atoms with Gasteiger partial charge in [-0.2, -0.15) is 0 Å². The molecule has 0 aromatic heterocycles. The second-order valence-electron chi connectivity index (χ2n) is 6.11. The minimum atomic E-state index is 0.916. The molecule has 1 aromatic rings. The van der Waals surface area contributed by atoms with Gasteiger partial charge in [0.1, 0.15) is 0 Å². The van der Waals surface area contributed by atoms with Gasteiger partial charge >= 0.3 is 0 Å². The quantitative estimate of drug-likeness (QED) is 0.896. The van der Waals surface area contributed by atoms with Crippen LogP contribution in [0.3, 0.4) is 0 Å². The highest BCUT2D eigenvalue weighted by Gasteiger charge is 2.17. The van der Waals surface area contributed by atoms with Gasteiger partial charge in [-0.25, -0.2) is 0 Å². The van der Waals surface area contributed by atoms with Gasteiger partial charge in [0.25, 0.3) is 0 Å². The van der Waals surface area contributed by atoms with Crippen LogP contribution in [0, 0.1) is 5.92 Å². The summed E-state index contributed by atoms with van der Waals surface area (Å²) >= 11 is 0. The maximum atomic E-state index is 3.53. The van der Waals surface area contributed by atoms with E-state index in [4.69, 9.17) is 0 Å². The lowest BCUT2D eigenvalue weighted by atomic mass is 9.96. The number of nitrogens with one attached hydrogen (secondary N) is 1. The van der Waals surface area contributed by atoms with Gasteiger partial charge in [0.05, 0.1) is 0 Å². The van der Waals surface area contributed by atoms with Gasteiger partial charge in [0, 0.05) is 13.1 Å². The molecule has 1 aromatic carbocycles. The highest BCUT2D eigenvalue weighted by Crippen LogP contribution is 2.18. The van der Waals surface area contributed by atoms with Crippen LogP contribution in [0.2, 0.25) is 0 Å². The molecule has 2 aliphatic rings. The maximum Gasteiger partial charge on any atom is 0.00221 e. The van der Waals surface area contributed by atoms with Gasteiger partial charge in [0.2, 0.25) is 0 Å². The number of piperidine rings is 1. The number of fused-ring (bicyclic) bond motifs is 1. The predicted molar refractivity (Wildman–Crippen MR) is 80.5 cm³/mol. The van der Waals surface area contributed by atoms with Crippen LogP contribution in [0.1, 0.15) is 30.4 Å². The summed E-state index contributed by atoms with van der Waals surface area (Å²) in [5.41, 5.74) is 3.15. The molecule has 1 N–H and O–H groups in total. The Bertz CT molecular complexity index is 369. The van der Waals surface area contributed by atoms with Crippen LogP contribution < -0.4 is 5.32 Å². The summed E-state index contributed by atoms with van der Waals surface area (Å²) in [5, 5.41) is 3.53. The zero-order valence-electron chi connectivity index (χ0n) is 11.9. The molecule has 0 radical (unpaired) electrons. The smallest absolute Gasteiger partial charge is 0.00221 e. The van der Waals surface area contributed by atoms with Crippen LogP contribution in [0.5, 0.6) is 0 Å². The van der Waals surface area contributed by atoms with Gasteiger partial charge in [-0.3, -0.25) is 0 Å². The van der Waals surface area contributed by atoms with Crippen molar-refractivity contribution in [2.24, 2.45) is 5.92 Å². The molecule has 0 saturated carbocycles. The summed E-state index contributed by atoms with van der Waals surface area (Å²) < 4.78 is 0. The molecular formula is C17H26N2. The summed E-state index contributed by atoms with van der Waals surface area (Å²) in [7, 11) is 0. The summed E-state index contributed by atoms with van der Waals surface area (Å²) in [6.07, 6.45) is 6.65. The molecule has 0 aliphatic carbocycles. The van der Waals surface area contributed by atoms with Gasteiger partial charge in [-0.1, -0.05) is 24.3 Å². The van der Waals surface area contributed by atoms with Crippen molar-refractivity contribution in [3.8, 4) is 0 Å². The van der Waals surface area contributed by atoms with E-state index in [0.717, 1.165) is 5.92 Å². The molecule has 2 nitrogen and oxygen atoms in total. The summed E-state index contributed by atoms with van der Waals surface area (Å²) in [6.45, 7) is 6.26. The van der Waals surface area contributed by atoms with Crippen LogP contribution in [-0.4, -0.2) is 37.6 Å². The number of benzene rings is 1. The molecule has 1 unspecified atom stereocenters. The Labute approximate surface area is 117 Å². The molecule has 1 atom stereocenters. The zero-order valence-corrected chi connectivity index (χ0v) is 11.9. The minimum Gasteiger partial charge on any atom is -0.316 e. The third kappa shape index (κ3) is 3.58. The van der Waals surface area contributed by atoms with E-state index >= 15 is 0 Å². The monoisotopic (exact) mass is 258 g/mol. The fourth-order valence-electron chi connectivity index (χ4n) is 3.47. The normalized spacial score (nSPS) is 24.7. The van der Waals surface area contributed by atoms with E-state index in [2.05, 4.69) is 34.5 Å². The van der Waals surface area contributed by atoms with Gasteiger partial charge < -0.3 is 10.2 Å². The Kier molecular flexibility index (Phi) is 4.52. The largest absolute Gasteiger partial charge is 0.316 e. The van der Waals surface area contributed by atoms with Gasteiger partial charge in [-0.15, -0.1) is 0 Å². The Hall–Kier alpha value is -0.860. The van der Waals surface area contributed by atoms with Gasteiger partial charge in [0.15, 0.2) is 0 Å². The highest BCUT2D eigenvalue weighted by molar-refractivity contribution is 5.28. The van der Waals surface area contributed by atoms with Gasteiger partial charge in [-0.05, 0) is 68.8 Å². The molecule has 3 rings (SSSR count). The number of hydrogen-bond acceptors (Lipinski definition) is 2. The molecule has 0 bridgehead atoms. The Morgan fingerprint density at radius 2 is 1.84 bits per heavy atom. The number of hydrogen-bond donors (Lipinski definition) is 1. The van der Waals surface area contributed by atoms with Crippen molar-refractivity contribution in [1.29, 1.82) is 0 Å². The van der Waals surface area contributed by atoms with Crippen LogP contribution in [0.4, 0.5) is 0 Å². The topological polar surface area (TPSA) is 15.3 Å². The molecule has 0 spiro atoms. The predicted octanol–water partition coefficient (Wildman–Crippen LogP) is 2.48. The molecule has 1 saturated heterocycles. The van der Waals surface area contributed by atoms with Crippen molar-refractivity contribution >= 4 is 0 Å². The van der Waals surface area contributed by atoms with Crippen molar-refractivity contribution in [2.45, 2.75) is 32.1 Å². The van der Waals surface area contributed by atoms with E-state index in [1.54, 1.807) is 11.1 Å². The zero-order chi connectivity index (χ0) is 12.9. The first-order valence-corrected chi connectivity index (χ1v) is 7.91. The molecule has 104 valence electrons. The molecule has 1 fully saturated rings. The Morgan fingerprint density at radius 1 is 1.11 bits per heavy atom. The van der Waals surface area contributed by atoms with E-state index in [0.29, 0.717) is 0 Å². The van der Waals surface area contributed by atoms with E-state index < -0.39 is 0 Å². The van der Waals surface area contributed by atoms with Crippen LogP contribution in [-0.2, 0) is 12.8 Å². The van der Waals surface area contributed by atoms with E-state index in [-0.39, 0.29) is 0 Å². The van der Waals surface area contributed by atoms with Crippen molar-refractivity contribution in [2.75, 3.05) is 32.7 Å². The lowest BCUT2D eigenvalue weighted by Crippen LogP contribution is -2.34. The summed E-state index contributed by atoms with van der Waals surface area (Å²) in [6, 6.07) is 8.98. The molecule has 2 heterocycles. The average molecular weight is 258 g/mol. The van der Waals surface area contributed by atoms with Crippen molar-refractivity contribution in [3.05, 3.63) is 35.4 Å². The van der Waals surface area contributed by atoms with Crippen molar-refractivity contribution in [1.82, 2.24) is 10.2 Å². The highest BCUT2D eigenvalue weighted by atomic mass is 15.1. The fourth-order valence-corrected chi connectivity index (χ4v) is 3.47. The third-order valence-electron chi connectivity index (χ3n) is 4.77. The fraction of sp³-hybridized carbons (Fsp3) is 0.647. The third-order valence-corrected chi connectivity index (χ3v) is 4.77. The maximum absolute atomic E-state index is 3.53. The average Bonchev–Trinajstić information content (AvgIpc) is 2.69. The van der Waals surface area contributed by atoms with Crippen molar-refractivity contribution < 1.29 is 0 Å². The van der Waals surface area contributed by atoms with Crippen LogP contribution >= 0.6 is 0 Å². The molecule has 0 amide bonds. The lowest BCUT2D eigenvalue weighted by Gasteiger charge is -2.26. The Morgan fingerprint density at radius 3 is 2.47 bits per heavy atom. The lowest BCUT2D eigenvalue weighted by molar-refractivity contribution is 0.245. The molecule has 2 heteroatoms. The molecule has 19 heavy (non-hydrogen) atoms. The van der Waals surface area contributed by atoms with E-state index in [1.165, 1.54) is 64.8 Å². The van der Waals surface area contributed by atoms with E-state index in [1.807, 2.05) is 0 Å². The number of rotatable bonds is 3. The van der Waals surface area contributed by atoms with Crippen molar-refractivity contribution in [3.63, 3.8) is 0 Å². The van der Waals surface area contributed by atoms with E-state index in [9.17, 15) is 0 Å². The van der Waals surface area contributed by atoms with Crippen LogP contribution in [0.15, 0.2) is 24.3 Å². The first-order valence-electron chi connectivity index (χ1n) is 7.91. The second-order valence-corrected chi connectivity index (χ2v) is 6.11.